The standard InChI is InChI=1S/C16H22Cl2N2O2/c1-16(2,3)22-15(21)20-8-7-19-10-12(20)9-11-5-4-6-13(17)14(11)18/h4-6,12,19H,7-10H2,1-3H3. The second kappa shape index (κ2) is 7.07. The number of carbonyl (C=O) groups is 1. The number of piperazine rings is 1. The zero-order valence-electron chi connectivity index (χ0n) is 13.2. The Morgan fingerprint density at radius 2 is 2.14 bits per heavy atom. The molecule has 1 aliphatic heterocycles. The van der Waals surface area contributed by atoms with Gasteiger partial charge in [-0.25, -0.2) is 4.79 Å². The molecule has 1 amide bonds. The van der Waals surface area contributed by atoms with Crippen molar-refractivity contribution in [3.05, 3.63) is 33.8 Å². The Hall–Kier alpha value is -0.970. The first kappa shape index (κ1) is 17.4. The normalized spacial score (nSPS) is 19.1. The van der Waals surface area contributed by atoms with Crippen LogP contribution in [0.5, 0.6) is 0 Å². The third-order valence-corrected chi connectivity index (χ3v) is 4.32. The zero-order chi connectivity index (χ0) is 16.3. The van der Waals surface area contributed by atoms with Crippen LogP contribution in [0.4, 0.5) is 4.79 Å². The van der Waals surface area contributed by atoms with Gasteiger partial charge in [0, 0.05) is 19.6 Å². The molecule has 4 nitrogen and oxygen atoms in total. The number of rotatable bonds is 2. The summed E-state index contributed by atoms with van der Waals surface area (Å²) >= 11 is 12.3. The molecule has 2 rings (SSSR count). The van der Waals surface area contributed by atoms with Crippen LogP contribution < -0.4 is 5.32 Å². The molecule has 1 aromatic rings. The first-order valence-electron chi connectivity index (χ1n) is 7.41. The topological polar surface area (TPSA) is 41.6 Å². The molecule has 0 bridgehead atoms. The van der Waals surface area contributed by atoms with E-state index < -0.39 is 5.60 Å². The van der Waals surface area contributed by atoms with E-state index in [1.54, 1.807) is 11.0 Å². The van der Waals surface area contributed by atoms with Gasteiger partial charge in [0.05, 0.1) is 16.1 Å². The average molecular weight is 345 g/mol. The molecule has 1 N–H and O–H groups in total. The van der Waals surface area contributed by atoms with Crippen molar-refractivity contribution < 1.29 is 9.53 Å². The molecule has 0 aromatic heterocycles. The zero-order valence-corrected chi connectivity index (χ0v) is 14.7. The molecule has 1 fully saturated rings. The van der Waals surface area contributed by atoms with Crippen LogP contribution in [-0.2, 0) is 11.2 Å². The second-order valence-corrected chi connectivity index (χ2v) is 7.23. The molecule has 1 heterocycles. The van der Waals surface area contributed by atoms with Gasteiger partial charge in [-0.2, -0.15) is 0 Å². The molecule has 0 saturated carbocycles. The van der Waals surface area contributed by atoms with Gasteiger partial charge in [-0.15, -0.1) is 0 Å². The maximum Gasteiger partial charge on any atom is 0.410 e. The van der Waals surface area contributed by atoms with Gasteiger partial charge in [0.15, 0.2) is 0 Å². The van der Waals surface area contributed by atoms with Crippen molar-refractivity contribution in [3.63, 3.8) is 0 Å². The van der Waals surface area contributed by atoms with E-state index in [2.05, 4.69) is 5.32 Å². The quantitative estimate of drug-likeness (QED) is 0.888. The van der Waals surface area contributed by atoms with E-state index in [0.29, 0.717) is 29.6 Å². The van der Waals surface area contributed by atoms with Gasteiger partial charge in [-0.3, -0.25) is 0 Å². The van der Waals surface area contributed by atoms with E-state index in [1.165, 1.54) is 0 Å². The number of benzene rings is 1. The van der Waals surface area contributed by atoms with Gasteiger partial charge in [-0.05, 0) is 38.8 Å². The lowest BCUT2D eigenvalue weighted by Gasteiger charge is -2.37. The lowest BCUT2D eigenvalue weighted by molar-refractivity contribution is 0.0122. The molecule has 1 saturated heterocycles. The predicted molar refractivity (Wildman–Crippen MR) is 89.8 cm³/mol. The molecule has 6 heteroatoms. The average Bonchev–Trinajstić information content (AvgIpc) is 2.42. The fraction of sp³-hybridized carbons (Fsp3) is 0.562. The Kier molecular flexibility index (Phi) is 5.59. The minimum absolute atomic E-state index is 0.000401. The van der Waals surface area contributed by atoms with Gasteiger partial charge in [0.1, 0.15) is 5.60 Å². The van der Waals surface area contributed by atoms with E-state index in [9.17, 15) is 4.79 Å². The summed E-state index contributed by atoms with van der Waals surface area (Å²) in [5.41, 5.74) is 0.441. The van der Waals surface area contributed by atoms with Crippen LogP contribution in [0.3, 0.4) is 0 Å². The van der Waals surface area contributed by atoms with Crippen molar-refractivity contribution in [2.75, 3.05) is 19.6 Å². The summed E-state index contributed by atoms with van der Waals surface area (Å²) in [5, 5.41) is 4.40. The fourth-order valence-electron chi connectivity index (χ4n) is 2.46. The van der Waals surface area contributed by atoms with Crippen LogP contribution in [-0.4, -0.2) is 42.3 Å². The van der Waals surface area contributed by atoms with Crippen LogP contribution in [0.1, 0.15) is 26.3 Å². The number of halogens is 2. The number of hydrogen-bond acceptors (Lipinski definition) is 3. The lowest BCUT2D eigenvalue weighted by atomic mass is 10.0. The molecule has 0 radical (unpaired) electrons. The first-order chi connectivity index (χ1) is 10.3. The monoisotopic (exact) mass is 344 g/mol. The highest BCUT2D eigenvalue weighted by Gasteiger charge is 2.30. The maximum atomic E-state index is 12.4. The molecular formula is C16H22Cl2N2O2. The van der Waals surface area contributed by atoms with Crippen molar-refractivity contribution in [2.24, 2.45) is 0 Å². The predicted octanol–water partition coefficient (Wildman–Crippen LogP) is 3.74. The maximum absolute atomic E-state index is 12.4. The van der Waals surface area contributed by atoms with E-state index >= 15 is 0 Å². The van der Waals surface area contributed by atoms with Crippen LogP contribution in [0.2, 0.25) is 10.0 Å². The Bertz CT molecular complexity index is 543. The number of ether oxygens (including phenoxy) is 1. The number of nitrogens with one attached hydrogen (secondary N) is 1. The molecule has 0 spiro atoms. The van der Waals surface area contributed by atoms with Crippen molar-refractivity contribution in [3.8, 4) is 0 Å². The fourth-order valence-corrected chi connectivity index (χ4v) is 2.86. The van der Waals surface area contributed by atoms with Crippen LogP contribution >= 0.6 is 23.2 Å². The highest BCUT2D eigenvalue weighted by molar-refractivity contribution is 6.42. The molecule has 1 aliphatic rings. The third kappa shape index (κ3) is 4.51. The summed E-state index contributed by atoms with van der Waals surface area (Å²) in [6.45, 7) is 7.71. The molecular weight excluding hydrogens is 323 g/mol. The van der Waals surface area contributed by atoms with Gasteiger partial charge >= 0.3 is 6.09 Å². The molecule has 0 aliphatic carbocycles. The van der Waals surface area contributed by atoms with Gasteiger partial charge in [-0.1, -0.05) is 35.3 Å². The highest BCUT2D eigenvalue weighted by atomic mass is 35.5. The minimum Gasteiger partial charge on any atom is -0.444 e. The Morgan fingerprint density at radius 1 is 1.41 bits per heavy atom. The Balaban J connectivity index is 2.13. The molecule has 1 aromatic carbocycles. The van der Waals surface area contributed by atoms with E-state index in [0.717, 1.165) is 12.1 Å². The number of amides is 1. The number of carbonyl (C=O) groups excluding carboxylic acids is 1. The van der Waals surface area contributed by atoms with Gasteiger partial charge < -0.3 is 15.0 Å². The number of hydrogen-bond donors (Lipinski definition) is 1. The van der Waals surface area contributed by atoms with Crippen molar-refractivity contribution in [2.45, 2.75) is 38.8 Å². The minimum atomic E-state index is -0.500. The van der Waals surface area contributed by atoms with Crippen LogP contribution in [0.15, 0.2) is 18.2 Å². The second-order valence-electron chi connectivity index (χ2n) is 6.45. The molecule has 22 heavy (non-hydrogen) atoms. The Morgan fingerprint density at radius 3 is 2.82 bits per heavy atom. The summed E-state index contributed by atoms with van der Waals surface area (Å²) in [5.74, 6) is 0. The summed E-state index contributed by atoms with van der Waals surface area (Å²) in [6, 6.07) is 5.57. The molecule has 122 valence electrons. The highest BCUT2D eigenvalue weighted by Crippen LogP contribution is 2.27. The first-order valence-corrected chi connectivity index (χ1v) is 8.17. The lowest BCUT2D eigenvalue weighted by Crippen LogP contribution is -2.55. The summed E-state index contributed by atoms with van der Waals surface area (Å²) < 4.78 is 5.50. The smallest absolute Gasteiger partial charge is 0.410 e. The van der Waals surface area contributed by atoms with E-state index in [-0.39, 0.29) is 12.1 Å². The van der Waals surface area contributed by atoms with Crippen molar-refractivity contribution >= 4 is 29.3 Å². The summed E-state index contributed by atoms with van der Waals surface area (Å²) in [7, 11) is 0. The van der Waals surface area contributed by atoms with E-state index in [1.807, 2.05) is 32.9 Å². The molecule has 1 unspecified atom stereocenters. The van der Waals surface area contributed by atoms with Crippen molar-refractivity contribution in [1.29, 1.82) is 0 Å². The van der Waals surface area contributed by atoms with Gasteiger partial charge in [0.25, 0.3) is 0 Å². The van der Waals surface area contributed by atoms with Crippen LogP contribution in [0.25, 0.3) is 0 Å². The SMILES string of the molecule is CC(C)(C)OC(=O)N1CCNCC1Cc1cccc(Cl)c1Cl. The number of nitrogens with zero attached hydrogens (tertiary/aromatic N) is 1. The summed E-state index contributed by atoms with van der Waals surface area (Å²) in [6.07, 6.45) is 0.364. The van der Waals surface area contributed by atoms with Crippen molar-refractivity contribution in [1.82, 2.24) is 10.2 Å². The largest absolute Gasteiger partial charge is 0.444 e. The third-order valence-electron chi connectivity index (χ3n) is 3.47. The summed E-state index contributed by atoms with van der Waals surface area (Å²) in [4.78, 5) is 14.2. The van der Waals surface area contributed by atoms with Gasteiger partial charge in [0.2, 0.25) is 0 Å². The van der Waals surface area contributed by atoms with Crippen LogP contribution in [0, 0.1) is 0 Å². The van der Waals surface area contributed by atoms with E-state index in [4.69, 9.17) is 27.9 Å². The molecule has 1 atom stereocenters. The Labute approximate surface area is 141 Å².